The Morgan fingerprint density at radius 3 is 2.55 bits per heavy atom. The van der Waals surface area contributed by atoms with Crippen LogP contribution in [0, 0.1) is 0 Å². The number of thiazole rings is 1. The quantitative estimate of drug-likeness (QED) is 0.416. The Morgan fingerprint density at radius 1 is 1.03 bits per heavy atom. The second-order valence-electron chi connectivity index (χ2n) is 7.34. The summed E-state index contributed by atoms with van der Waals surface area (Å²) >= 11 is 1.56. The van der Waals surface area contributed by atoms with Crippen molar-refractivity contribution in [3.05, 3.63) is 65.7 Å². The number of fused-ring (bicyclic) bond motifs is 1. The van der Waals surface area contributed by atoms with E-state index in [2.05, 4.69) is 38.6 Å². The highest BCUT2D eigenvalue weighted by Gasteiger charge is 2.15. The van der Waals surface area contributed by atoms with Gasteiger partial charge < -0.3 is 9.47 Å². The van der Waals surface area contributed by atoms with Gasteiger partial charge in [0, 0.05) is 24.0 Å². The zero-order valence-electron chi connectivity index (χ0n) is 17.9. The number of rotatable bonds is 9. The molecular formula is C24H27N5OS. The lowest BCUT2D eigenvalue weighted by Gasteiger charge is -2.19. The van der Waals surface area contributed by atoms with Crippen LogP contribution >= 0.6 is 11.3 Å². The van der Waals surface area contributed by atoms with Gasteiger partial charge in [-0.25, -0.2) is 9.97 Å². The topological polar surface area (TPSA) is 63.0 Å². The number of aromatic nitrogens is 3. The number of likely N-dealkylation sites (N-methyl/N-ethyl adjacent to an activating group) is 1. The summed E-state index contributed by atoms with van der Waals surface area (Å²) < 4.78 is 2.10. The van der Waals surface area contributed by atoms with E-state index in [1.807, 2.05) is 60.0 Å². The van der Waals surface area contributed by atoms with Gasteiger partial charge in [0.15, 0.2) is 0 Å². The molecule has 6 nitrogen and oxygen atoms in total. The minimum Gasteiger partial charge on any atom is -0.309 e. The molecule has 0 radical (unpaired) electrons. The fourth-order valence-corrected chi connectivity index (χ4v) is 4.44. The maximum absolute atomic E-state index is 12.8. The van der Waals surface area contributed by atoms with Crippen molar-refractivity contribution in [2.24, 2.45) is 0 Å². The molecule has 2 aromatic carbocycles. The van der Waals surface area contributed by atoms with Crippen LogP contribution in [0.2, 0.25) is 0 Å². The summed E-state index contributed by atoms with van der Waals surface area (Å²) in [5, 5.41) is 5.89. The number of carbonyl (C=O) groups excluding carboxylic acids is 1. The molecule has 0 saturated heterocycles. The minimum absolute atomic E-state index is 0.107. The van der Waals surface area contributed by atoms with E-state index < -0.39 is 0 Å². The van der Waals surface area contributed by atoms with Crippen molar-refractivity contribution in [2.75, 3.05) is 25.0 Å². The van der Waals surface area contributed by atoms with E-state index in [1.54, 1.807) is 11.3 Å². The molecule has 0 aliphatic rings. The van der Waals surface area contributed by atoms with E-state index in [-0.39, 0.29) is 12.3 Å². The van der Waals surface area contributed by atoms with Crippen LogP contribution < -0.4 is 5.32 Å². The SMILES string of the molecule is CCN(CC)CCn1c(NC(=O)Cc2csc(-c3ccccc3)n2)nc2ccccc21. The Kier molecular flexibility index (Phi) is 6.74. The molecule has 1 N–H and O–H groups in total. The largest absolute Gasteiger partial charge is 0.309 e. The van der Waals surface area contributed by atoms with E-state index in [0.717, 1.165) is 53.5 Å². The summed E-state index contributed by atoms with van der Waals surface area (Å²) in [6.45, 7) is 8.00. The summed E-state index contributed by atoms with van der Waals surface area (Å²) in [4.78, 5) is 24.5. The number of carbonyl (C=O) groups is 1. The van der Waals surface area contributed by atoms with Crippen LogP contribution in [0.5, 0.6) is 0 Å². The zero-order chi connectivity index (χ0) is 21.6. The van der Waals surface area contributed by atoms with Crippen molar-refractivity contribution in [3.63, 3.8) is 0 Å². The van der Waals surface area contributed by atoms with Gasteiger partial charge in [0.05, 0.1) is 23.1 Å². The summed E-state index contributed by atoms with van der Waals surface area (Å²) in [5.74, 6) is 0.487. The van der Waals surface area contributed by atoms with Gasteiger partial charge in [-0.2, -0.15) is 0 Å². The van der Waals surface area contributed by atoms with Gasteiger partial charge in [0.2, 0.25) is 11.9 Å². The van der Waals surface area contributed by atoms with E-state index in [4.69, 9.17) is 0 Å². The summed E-state index contributed by atoms with van der Waals surface area (Å²) in [6, 6.07) is 18.0. The fraction of sp³-hybridized carbons (Fsp3) is 0.292. The van der Waals surface area contributed by atoms with Crippen LogP contribution in [-0.2, 0) is 17.8 Å². The number of nitrogens with zero attached hydrogens (tertiary/aromatic N) is 4. The summed E-state index contributed by atoms with van der Waals surface area (Å²) in [7, 11) is 0. The van der Waals surface area contributed by atoms with E-state index >= 15 is 0 Å². The van der Waals surface area contributed by atoms with Gasteiger partial charge in [-0.3, -0.25) is 10.1 Å². The molecule has 4 aromatic rings. The molecule has 7 heteroatoms. The van der Waals surface area contributed by atoms with Crippen LogP contribution in [0.25, 0.3) is 21.6 Å². The van der Waals surface area contributed by atoms with Crippen molar-refractivity contribution in [3.8, 4) is 10.6 Å². The Bertz CT molecular complexity index is 1150. The zero-order valence-corrected chi connectivity index (χ0v) is 18.7. The Hall–Kier alpha value is -3.03. The maximum atomic E-state index is 12.8. The molecule has 1 amide bonds. The summed E-state index contributed by atoms with van der Waals surface area (Å²) in [6.07, 6.45) is 0.225. The van der Waals surface area contributed by atoms with Crippen molar-refractivity contribution in [1.29, 1.82) is 0 Å². The molecule has 0 atom stereocenters. The van der Waals surface area contributed by atoms with Gasteiger partial charge in [-0.05, 0) is 25.2 Å². The van der Waals surface area contributed by atoms with Crippen LogP contribution in [0.3, 0.4) is 0 Å². The number of benzene rings is 2. The number of para-hydroxylation sites is 2. The average molecular weight is 434 g/mol. The van der Waals surface area contributed by atoms with Gasteiger partial charge in [0.25, 0.3) is 0 Å². The average Bonchev–Trinajstić information content (AvgIpc) is 3.39. The van der Waals surface area contributed by atoms with Crippen molar-refractivity contribution in [1.82, 2.24) is 19.4 Å². The number of nitrogens with one attached hydrogen (secondary N) is 1. The highest BCUT2D eigenvalue weighted by molar-refractivity contribution is 7.13. The van der Waals surface area contributed by atoms with Gasteiger partial charge >= 0.3 is 0 Å². The molecule has 0 aliphatic heterocycles. The highest BCUT2D eigenvalue weighted by Crippen LogP contribution is 2.24. The number of hydrogen-bond acceptors (Lipinski definition) is 5. The Labute approximate surface area is 186 Å². The normalized spacial score (nSPS) is 11.3. The molecule has 0 bridgehead atoms. The third kappa shape index (κ3) is 5.00. The highest BCUT2D eigenvalue weighted by atomic mass is 32.1. The number of hydrogen-bond donors (Lipinski definition) is 1. The van der Waals surface area contributed by atoms with Gasteiger partial charge in [-0.1, -0.05) is 56.3 Å². The minimum atomic E-state index is -0.107. The predicted molar refractivity (Wildman–Crippen MR) is 127 cm³/mol. The molecule has 31 heavy (non-hydrogen) atoms. The van der Waals surface area contributed by atoms with Gasteiger partial charge in [0.1, 0.15) is 5.01 Å². The standard InChI is InChI=1S/C24H27N5OS/c1-3-28(4-2)14-15-29-21-13-9-8-12-20(21)26-24(29)27-22(30)16-19-17-31-23(25-19)18-10-6-5-7-11-18/h5-13,17H,3-4,14-16H2,1-2H3,(H,26,27,30). The molecule has 2 heterocycles. The van der Waals surface area contributed by atoms with E-state index in [0.29, 0.717) is 5.95 Å². The molecule has 0 aliphatic carbocycles. The van der Waals surface area contributed by atoms with Crippen molar-refractivity contribution >= 4 is 34.2 Å². The molecule has 0 fully saturated rings. The monoisotopic (exact) mass is 433 g/mol. The lowest BCUT2D eigenvalue weighted by Crippen LogP contribution is -2.28. The van der Waals surface area contributed by atoms with Gasteiger partial charge in [-0.15, -0.1) is 11.3 Å². The first-order valence-corrected chi connectivity index (χ1v) is 11.5. The third-order valence-electron chi connectivity index (χ3n) is 5.35. The summed E-state index contributed by atoms with van der Waals surface area (Å²) in [5.41, 5.74) is 3.76. The molecule has 0 saturated carbocycles. The first kappa shape index (κ1) is 21.2. The smallest absolute Gasteiger partial charge is 0.232 e. The number of anilines is 1. The Balaban J connectivity index is 1.49. The predicted octanol–water partition coefficient (Wildman–Crippen LogP) is 4.68. The number of amides is 1. The van der Waals surface area contributed by atoms with Crippen molar-refractivity contribution < 1.29 is 4.79 Å². The molecular weight excluding hydrogens is 406 g/mol. The molecule has 160 valence electrons. The molecule has 0 unspecified atom stereocenters. The first-order chi connectivity index (χ1) is 15.2. The van der Waals surface area contributed by atoms with Crippen LogP contribution in [0.1, 0.15) is 19.5 Å². The maximum Gasteiger partial charge on any atom is 0.232 e. The third-order valence-corrected chi connectivity index (χ3v) is 6.29. The van der Waals surface area contributed by atoms with Crippen molar-refractivity contribution in [2.45, 2.75) is 26.8 Å². The van der Waals surface area contributed by atoms with Crippen LogP contribution in [0.15, 0.2) is 60.0 Å². The lowest BCUT2D eigenvalue weighted by molar-refractivity contribution is -0.115. The van der Waals surface area contributed by atoms with E-state index in [9.17, 15) is 4.79 Å². The Morgan fingerprint density at radius 2 is 1.77 bits per heavy atom. The first-order valence-electron chi connectivity index (χ1n) is 10.6. The number of imidazole rings is 1. The lowest BCUT2D eigenvalue weighted by atomic mass is 10.2. The molecule has 4 rings (SSSR count). The van der Waals surface area contributed by atoms with E-state index in [1.165, 1.54) is 0 Å². The molecule has 2 aromatic heterocycles. The second kappa shape index (κ2) is 9.85. The fourth-order valence-electron chi connectivity index (χ4n) is 3.61. The van der Waals surface area contributed by atoms with Crippen LogP contribution in [0.4, 0.5) is 5.95 Å². The van der Waals surface area contributed by atoms with Crippen LogP contribution in [-0.4, -0.2) is 45.0 Å². The second-order valence-corrected chi connectivity index (χ2v) is 8.20. The molecule has 0 spiro atoms.